The maximum atomic E-state index is 10.4. The van der Waals surface area contributed by atoms with Gasteiger partial charge in [-0.1, -0.05) is 17.7 Å². The Morgan fingerprint density at radius 3 is 2.70 bits per heavy atom. The van der Waals surface area contributed by atoms with E-state index in [0.29, 0.717) is 12.8 Å². The molecule has 0 aromatic heterocycles. The van der Waals surface area contributed by atoms with E-state index in [9.17, 15) is 10.2 Å². The molecule has 2 N–H and O–H groups in total. The van der Waals surface area contributed by atoms with Crippen molar-refractivity contribution in [2.75, 3.05) is 0 Å². The van der Waals surface area contributed by atoms with E-state index in [0.717, 1.165) is 5.57 Å². The quantitative estimate of drug-likeness (QED) is 0.756. The van der Waals surface area contributed by atoms with Gasteiger partial charge in [0.15, 0.2) is 0 Å². The smallest absolute Gasteiger partial charge is 0.127 e. The number of ether oxygens (including phenoxy) is 2. The molecule has 0 radical (unpaired) electrons. The summed E-state index contributed by atoms with van der Waals surface area (Å²) in [6.07, 6.45) is 4.32. The number of allylic oxidation sites excluding steroid dienone is 3. The molecular formula is C16H24O4. The van der Waals surface area contributed by atoms with Gasteiger partial charge in [-0.2, -0.15) is 0 Å². The fourth-order valence-corrected chi connectivity index (χ4v) is 3.35. The minimum Gasteiger partial charge on any atom is -0.388 e. The lowest BCUT2D eigenvalue weighted by molar-refractivity contribution is -0.0855. The van der Waals surface area contributed by atoms with Gasteiger partial charge in [0.05, 0.1) is 17.8 Å². The third-order valence-corrected chi connectivity index (χ3v) is 4.66. The first-order valence-corrected chi connectivity index (χ1v) is 7.32. The van der Waals surface area contributed by atoms with Gasteiger partial charge in [0, 0.05) is 12.8 Å². The second kappa shape index (κ2) is 4.41. The zero-order valence-corrected chi connectivity index (χ0v) is 12.6. The molecule has 20 heavy (non-hydrogen) atoms. The second-order valence-corrected chi connectivity index (χ2v) is 7.10. The van der Waals surface area contributed by atoms with Crippen LogP contribution in [0.3, 0.4) is 0 Å². The molecule has 3 aliphatic rings. The standard InChI is InChI=1S/C16H24O4/c1-9(2)5-6-10-7-11-16(14(20-16)13(10)17)8-12(19-11)15(3,4)18/h5-6,11-14,17-18H,7-8H2,1-4H3. The van der Waals surface area contributed by atoms with Crippen LogP contribution in [0.2, 0.25) is 0 Å². The number of aliphatic hydroxyl groups excluding tert-OH is 1. The van der Waals surface area contributed by atoms with Gasteiger partial charge in [0.2, 0.25) is 0 Å². The van der Waals surface area contributed by atoms with Crippen LogP contribution < -0.4 is 0 Å². The first-order chi connectivity index (χ1) is 9.24. The Labute approximate surface area is 120 Å². The fraction of sp³-hybridized carbons (Fsp3) is 0.750. The molecule has 1 spiro atoms. The molecule has 112 valence electrons. The van der Waals surface area contributed by atoms with E-state index < -0.39 is 11.7 Å². The normalized spacial score (nSPS) is 45.0. The molecule has 4 heteroatoms. The summed E-state index contributed by atoms with van der Waals surface area (Å²) in [5.74, 6) is 0. The van der Waals surface area contributed by atoms with Gasteiger partial charge >= 0.3 is 0 Å². The Morgan fingerprint density at radius 1 is 1.40 bits per heavy atom. The van der Waals surface area contributed by atoms with Gasteiger partial charge in [0.1, 0.15) is 17.8 Å². The van der Waals surface area contributed by atoms with Crippen molar-refractivity contribution in [2.24, 2.45) is 0 Å². The molecule has 2 heterocycles. The Kier molecular flexibility index (Phi) is 3.14. The largest absolute Gasteiger partial charge is 0.388 e. The van der Waals surface area contributed by atoms with Crippen LogP contribution in [0.5, 0.6) is 0 Å². The summed E-state index contributed by atoms with van der Waals surface area (Å²) in [4.78, 5) is 0. The highest BCUT2D eigenvalue weighted by atomic mass is 16.7. The molecule has 0 amide bonds. The molecule has 3 rings (SSSR count). The van der Waals surface area contributed by atoms with Crippen LogP contribution in [0.1, 0.15) is 40.5 Å². The molecule has 0 aromatic rings. The van der Waals surface area contributed by atoms with Gasteiger partial charge in [-0.3, -0.25) is 0 Å². The summed E-state index contributed by atoms with van der Waals surface area (Å²) >= 11 is 0. The zero-order chi connectivity index (χ0) is 14.7. The molecule has 2 saturated heterocycles. The van der Waals surface area contributed by atoms with Crippen molar-refractivity contribution >= 4 is 0 Å². The van der Waals surface area contributed by atoms with Crippen LogP contribution in [-0.2, 0) is 9.47 Å². The maximum Gasteiger partial charge on any atom is 0.127 e. The lowest BCUT2D eigenvalue weighted by Gasteiger charge is -2.27. The van der Waals surface area contributed by atoms with Crippen LogP contribution in [0.25, 0.3) is 0 Å². The molecule has 4 nitrogen and oxygen atoms in total. The monoisotopic (exact) mass is 280 g/mol. The van der Waals surface area contributed by atoms with E-state index in [1.54, 1.807) is 13.8 Å². The number of rotatable bonds is 2. The van der Waals surface area contributed by atoms with E-state index in [-0.39, 0.29) is 23.9 Å². The Bertz CT molecular complexity index is 469. The van der Waals surface area contributed by atoms with E-state index in [4.69, 9.17) is 9.47 Å². The van der Waals surface area contributed by atoms with Crippen LogP contribution in [-0.4, -0.2) is 45.8 Å². The van der Waals surface area contributed by atoms with Crippen LogP contribution in [0.15, 0.2) is 23.3 Å². The second-order valence-electron chi connectivity index (χ2n) is 7.10. The predicted molar refractivity (Wildman–Crippen MR) is 75.3 cm³/mol. The topological polar surface area (TPSA) is 62.2 Å². The number of hydrogen-bond acceptors (Lipinski definition) is 4. The lowest BCUT2D eigenvalue weighted by atomic mass is 9.79. The number of hydrogen-bond donors (Lipinski definition) is 2. The zero-order valence-electron chi connectivity index (χ0n) is 12.6. The van der Waals surface area contributed by atoms with E-state index in [1.807, 2.05) is 26.0 Å². The van der Waals surface area contributed by atoms with Crippen LogP contribution in [0, 0.1) is 0 Å². The van der Waals surface area contributed by atoms with Gasteiger partial charge in [-0.05, 0) is 33.3 Å². The van der Waals surface area contributed by atoms with Crippen LogP contribution in [0.4, 0.5) is 0 Å². The van der Waals surface area contributed by atoms with Crippen molar-refractivity contribution in [2.45, 2.75) is 76.2 Å². The third-order valence-electron chi connectivity index (χ3n) is 4.66. The summed E-state index contributed by atoms with van der Waals surface area (Å²) in [7, 11) is 0. The summed E-state index contributed by atoms with van der Waals surface area (Å²) in [5, 5.41) is 20.5. The Morgan fingerprint density at radius 2 is 2.10 bits per heavy atom. The summed E-state index contributed by atoms with van der Waals surface area (Å²) in [5.41, 5.74) is 0.912. The Balaban J connectivity index is 1.81. The van der Waals surface area contributed by atoms with E-state index in [2.05, 4.69) is 0 Å². The molecule has 5 atom stereocenters. The molecule has 5 unspecified atom stereocenters. The lowest BCUT2D eigenvalue weighted by Crippen LogP contribution is -2.39. The highest BCUT2D eigenvalue weighted by Gasteiger charge is 2.72. The van der Waals surface area contributed by atoms with Crippen molar-refractivity contribution in [1.29, 1.82) is 0 Å². The van der Waals surface area contributed by atoms with E-state index in [1.165, 1.54) is 5.57 Å². The van der Waals surface area contributed by atoms with Crippen molar-refractivity contribution in [1.82, 2.24) is 0 Å². The molecule has 3 fully saturated rings. The van der Waals surface area contributed by atoms with Crippen molar-refractivity contribution in [3.63, 3.8) is 0 Å². The fourth-order valence-electron chi connectivity index (χ4n) is 3.35. The summed E-state index contributed by atoms with van der Waals surface area (Å²) < 4.78 is 11.8. The van der Waals surface area contributed by atoms with E-state index >= 15 is 0 Å². The summed E-state index contributed by atoms with van der Waals surface area (Å²) in [6, 6.07) is 0. The average molecular weight is 280 g/mol. The average Bonchev–Trinajstić information content (AvgIpc) is 2.92. The SMILES string of the molecule is CC(C)=CC=C1CC2OC(C(C)(C)O)CC23OC3C1O. The molecule has 1 aliphatic carbocycles. The van der Waals surface area contributed by atoms with Crippen molar-refractivity contribution < 1.29 is 19.7 Å². The van der Waals surface area contributed by atoms with Gasteiger partial charge in [-0.15, -0.1) is 0 Å². The van der Waals surface area contributed by atoms with Gasteiger partial charge in [-0.25, -0.2) is 0 Å². The molecule has 0 aromatic carbocycles. The molecule has 1 saturated carbocycles. The minimum absolute atomic E-state index is 0.0517. The maximum absolute atomic E-state index is 10.4. The van der Waals surface area contributed by atoms with Crippen LogP contribution >= 0.6 is 0 Å². The third kappa shape index (κ3) is 2.15. The molecule has 0 bridgehead atoms. The van der Waals surface area contributed by atoms with Crippen molar-refractivity contribution in [3.05, 3.63) is 23.3 Å². The minimum atomic E-state index is -0.878. The molecule has 2 aliphatic heterocycles. The Hall–Kier alpha value is -0.680. The number of epoxide rings is 1. The first-order valence-electron chi connectivity index (χ1n) is 7.32. The summed E-state index contributed by atoms with van der Waals surface area (Å²) in [6.45, 7) is 7.58. The first kappa shape index (κ1) is 14.3. The highest BCUT2D eigenvalue weighted by Crippen LogP contribution is 2.58. The number of aliphatic hydroxyl groups is 2. The van der Waals surface area contributed by atoms with Gasteiger partial charge < -0.3 is 19.7 Å². The van der Waals surface area contributed by atoms with Gasteiger partial charge in [0.25, 0.3) is 0 Å². The highest BCUT2D eigenvalue weighted by molar-refractivity contribution is 5.33. The molecular weight excluding hydrogens is 256 g/mol. The van der Waals surface area contributed by atoms with Crippen molar-refractivity contribution in [3.8, 4) is 0 Å². The predicted octanol–water partition coefficient (Wildman–Crippen LogP) is 1.71.